The molecule has 0 saturated carbocycles. The minimum atomic E-state index is -3.97. The van der Waals surface area contributed by atoms with Crippen LogP contribution in [0.5, 0.6) is 5.75 Å². The number of sulfonamides is 1. The van der Waals surface area contributed by atoms with Crippen molar-refractivity contribution in [2.24, 2.45) is 5.92 Å². The third kappa shape index (κ3) is 5.59. The van der Waals surface area contributed by atoms with Crippen LogP contribution in [0.15, 0.2) is 47.4 Å². The third-order valence-corrected chi connectivity index (χ3v) is 6.88. The maximum absolute atomic E-state index is 13.3. The molecule has 2 aromatic carbocycles. The van der Waals surface area contributed by atoms with E-state index in [1.54, 1.807) is 37.3 Å². The molecule has 2 aromatic rings. The van der Waals surface area contributed by atoms with Gasteiger partial charge in [0.2, 0.25) is 5.91 Å². The van der Waals surface area contributed by atoms with Crippen LogP contribution in [0.4, 0.5) is 5.69 Å². The summed E-state index contributed by atoms with van der Waals surface area (Å²) in [5, 5.41) is 5.29. The molecule has 0 fully saturated rings. The number of nitrogens with one attached hydrogen (secondary N) is 2. The standard InChI is InChI=1S/C23H31N3O5S/c1-15(2)13-19(23(28)24-4)25-22(27)18-14-17(12-11-16(18)3)32(29,30)26(5)20-9-7-8-10-21(20)31-6/h7-12,14-15,19H,13H2,1-6H3,(H,24,28)(H,25,27)/t19-/m0/s1. The number of methoxy groups -OCH3 is 1. The number of ether oxygens (including phenoxy) is 1. The molecule has 0 aliphatic rings. The van der Waals surface area contributed by atoms with Crippen LogP contribution < -0.4 is 19.7 Å². The smallest absolute Gasteiger partial charge is 0.264 e. The SMILES string of the molecule is CNC(=O)[C@H](CC(C)C)NC(=O)c1cc(S(=O)(=O)N(C)c2ccccc2OC)ccc1C. The van der Waals surface area contributed by atoms with E-state index in [1.165, 1.54) is 33.3 Å². The topological polar surface area (TPSA) is 105 Å². The van der Waals surface area contributed by atoms with Crippen molar-refractivity contribution in [3.63, 3.8) is 0 Å². The van der Waals surface area contributed by atoms with Gasteiger partial charge in [-0.15, -0.1) is 0 Å². The van der Waals surface area contributed by atoms with Crippen LogP contribution in [0.2, 0.25) is 0 Å². The lowest BCUT2D eigenvalue weighted by Crippen LogP contribution is -2.46. The third-order valence-electron chi connectivity index (χ3n) is 5.11. The summed E-state index contributed by atoms with van der Waals surface area (Å²) in [6, 6.07) is 10.4. The summed E-state index contributed by atoms with van der Waals surface area (Å²) in [4.78, 5) is 25.1. The van der Waals surface area contributed by atoms with Crippen molar-refractivity contribution in [2.45, 2.75) is 38.1 Å². The molecular weight excluding hydrogens is 430 g/mol. The molecule has 8 nitrogen and oxygen atoms in total. The minimum Gasteiger partial charge on any atom is -0.495 e. The Labute approximate surface area is 190 Å². The van der Waals surface area contributed by atoms with Crippen LogP contribution in [0.1, 0.15) is 36.2 Å². The Morgan fingerprint density at radius 1 is 1.12 bits per heavy atom. The van der Waals surface area contributed by atoms with Gasteiger partial charge in [-0.2, -0.15) is 0 Å². The second-order valence-corrected chi connectivity index (χ2v) is 9.86. The highest BCUT2D eigenvalue weighted by Crippen LogP contribution is 2.31. The lowest BCUT2D eigenvalue weighted by Gasteiger charge is -2.23. The van der Waals surface area contributed by atoms with Crippen LogP contribution in [-0.4, -0.2) is 47.5 Å². The number of amides is 2. The van der Waals surface area contributed by atoms with Crippen molar-refractivity contribution in [3.05, 3.63) is 53.6 Å². The highest BCUT2D eigenvalue weighted by molar-refractivity contribution is 7.92. The maximum Gasteiger partial charge on any atom is 0.264 e. The molecule has 0 aliphatic carbocycles. The maximum atomic E-state index is 13.3. The van der Waals surface area contributed by atoms with Crippen LogP contribution in [-0.2, 0) is 14.8 Å². The average molecular weight is 462 g/mol. The Bertz CT molecular complexity index is 1080. The highest BCUT2D eigenvalue weighted by atomic mass is 32.2. The van der Waals surface area contributed by atoms with Gasteiger partial charge in [0, 0.05) is 19.7 Å². The summed E-state index contributed by atoms with van der Waals surface area (Å²) >= 11 is 0. The number of nitrogens with zero attached hydrogens (tertiary/aromatic N) is 1. The first kappa shape index (κ1) is 25.2. The molecule has 0 heterocycles. The Morgan fingerprint density at radius 3 is 2.38 bits per heavy atom. The fraction of sp³-hybridized carbons (Fsp3) is 0.391. The van der Waals surface area contributed by atoms with Crippen LogP contribution in [0, 0.1) is 12.8 Å². The van der Waals surface area contributed by atoms with Gasteiger partial charge in [0.05, 0.1) is 17.7 Å². The molecule has 1 atom stereocenters. The van der Waals surface area contributed by atoms with Gasteiger partial charge in [-0.05, 0) is 49.1 Å². The van der Waals surface area contributed by atoms with Crippen molar-refractivity contribution in [1.82, 2.24) is 10.6 Å². The van der Waals surface area contributed by atoms with E-state index < -0.39 is 22.0 Å². The molecule has 9 heteroatoms. The molecule has 32 heavy (non-hydrogen) atoms. The van der Waals surface area contributed by atoms with Crippen molar-refractivity contribution in [1.29, 1.82) is 0 Å². The number of anilines is 1. The number of aryl methyl sites for hydroxylation is 1. The van der Waals surface area contributed by atoms with Crippen molar-refractivity contribution < 1.29 is 22.7 Å². The van der Waals surface area contributed by atoms with E-state index in [0.717, 1.165) is 4.31 Å². The van der Waals surface area contributed by atoms with Gasteiger partial charge in [0.1, 0.15) is 11.8 Å². The Kier molecular flexibility index (Phi) is 8.26. The molecule has 0 unspecified atom stereocenters. The quantitative estimate of drug-likeness (QED) is 0.597. The normalized spacial score (nSPS) is 12.2. The first-order valence-electron chi connectivity index (χ1n) is 10.3. The predicted octanol–water partition coefficient (Wildman–Crippen LogP) is 2.72. The van der Waals surface area contributed by atoms with Crippen LogP contribution >= 0.6 is 0 Å². The van der Waals surface area contributed by atoms with E-state index in [9.17, 15) is 18.0 Å². The number of benzene rings is 2. The average Bonchev–Trinajstić information content (AvgIpc) is 2.77. The number of carbonyl (C=O) groups excluding carboxylic acids is 2. The number of hydrogen-bond acceptors (Lipinski definition) is 5. The zero-order valence-electron chi connectivity index (χ0n) is 19.3. The summed E-state index contributed by atoms with van der Waals surface area (Å²) in [6.07, 6.45) is 0.457. The molecule has 0 aliphatic heterocycles. The summed E-state index contributed by atoms with van der Waals surface area (Å²) in [5.74, 6) is -0.219. The van der Waals surface area contributed by atoms with Crippen LogP contribution in [0.25, 0.3) is 0 Å². The largest absolute Gasteiger partial charge is 0.495 e. The van der Waals surface area contributed by atoms with Crippen LogP contribution in [0.3, 0.4) is 0 Å². The van der Waals surface area contributed by atoms with E-state index in [0.29, 0.717) is 23.4 Å². The van der Waals surface area contributed by atoms with E-state index >= 15 is 0 Å². The molecular formula is C23H31N3O5S. The zero-order valence-corrected chi connectivity index (χ0v) is 20.1. The second-order valence-electron chi connectivity index (χ2n) is 7.89. The molecule has 0 spiro atoms. The molecule has 0 aromatic heterocycles. The first-order valence-corrected chi connectivity index (χ1v) is 11.7. The highest BCUT2D eigenvalue weighted by Gasteiger charge is 2.27. The van der Waals surface area contributed by atoms with E-state index in [2.05, 4.69) is 10.6 Å². The second kappa shape index (κ2) is 10.5. The number of likely N-dealkylation sites (N-methyl/N-ethyl adjacent to an activating group) is 1. The minimum absolute atomic E-state index is 0.0398. The van der Waals surface area contributed by atoms with Gasteiger partial charge in [-0.25, -0.2) is 8.42 Å². The van der Waals surface area contributed by atoms with E-state index in [4.69, 9.17) is 4.74 Å². The number of para-hydroxylation sites is 2. The van der Waals surface area contributed by atoms with E-state index in [-0.39, 0.29) is 22.3 Å². The fourth-order valence-corrected chi connectivity index (χ4v) is 4.53. The zero-order chi connectivity index (χ0) is 24.1. The monoisotopic (exact) mass is 461 g/mol. The van der Waals surface area contributed by atoms with Gasteiger partial charge in [-0.1, -0.05) is 32.0 Å². The lowest BCUT2D eigenvalue weighted by atomic mass is 10.0. The first-order chi connectivity index (χ1) is 15.0. The van der Waals surface area contributed by atoms with Gasteiger partial charge in [0.15, 0.2) is 0 Å². The Morgan fingerprint density at radius 2 is 1.78 bits per heavy atom. The molecule has 2 amide bonds. The Hall–Kier alpha value is -3.07. The summed E-state index contributed by atoms with van der Waals surface area (Å²) in [6.45, 7) is 5.62. The fourth-order valence-electron chi connectivity index (χ4n) is 3.30. The number of hydrogen-bond donors (Lipinski definition) is 2. The van der Waals surface area contributed by atoms with Crippen molar-refractivity contribution >= 4 is 27.5 Å². The molecule has 2 rings (SSSR count). The van der Waals surface area contributed by atoms with E-state index in [1.807, 2.05) is 13.8 Å². The molecule has 0 saturated heterocycles. The number of rotatable bonds is 9. The molecule has 2 N–H and O–H groups in total. The van der Waals surface area contributed by atoms with Gasteiger partial charge < -0.3 is 15.4 Å². The number of carbonyl (C=O) groups is 2. The Balaban J connectivity index is 2.40. The van der Waals surface area contributed by atoms with Gasteiger partial charge in [-0.3, -0.25) is 13.9 Å². The summed E-state index contributed by atoms with van der Waals surface area (Å²) in [7, 11) is 0.430. The molecule has 0 bridgehead atoms. The van der Waals surface area contributed by atoms with Gasteiger partial charge in [0.25, 0.3) is 15.9 Å². The summed E-state index contributed by atoms with van der Waals surface area (Å²) < 4.78 is 33.0. The van der Waals surface area contributed by atoms with Crippen molar-refractivity contribution in [3.8, 4) is 5.75 Å². The molecule has 174 valence electrons. The lowest BCUT2D eigenvalue weighted by molar-refractivity contribution is -0.122. The molecule has 0 radical (unpaired) electrons. The summed E-state index contributed by atoms with van der Waals surface area (Å²) in [5.41, 5.74) is 1.16. The van der Waals surface area contributed by atoms with Gasteiger partial charge >= 0.3 is 0 Å². The predicted molar refractivity (Wildman–Crippen MR) is 125 cm³/mol. The van der Waals surface area contributed by atoms with Crippen molar-refractivity contribution in [2.75, 3.05) is 25.5 Å².